The molecule has 0 heterocycles. The minimum absolute atomic E-state index is 0.0196. The maximum Gasteiger partial charge on any atom is 0.244 e. The van der Waals surface area contributed by atoms with Gasteiger partial charge in [-0.05, 0) is 75.7 Å². The number of fused-ring (bicyclic) bond motifs is 1. The molecular weight excluding hydrogens is 644 g/mol. The molecule has 1 spiro atoms. The summed E-state index contributed by atoms with van der Waals surface area (Å²) in [4.78, 5) is 77.3. The van der Waals surface area contributed by atoms with Crippen LogP contribution in [-0.2, 0) is 24.0 Å². The lowest BCUT2D eigenvalue weighted by atomic mass is 9.67. The minimum atomic E-state index is -1.44. The van der Waals surface area contributed by atoms with Crippen LogP contribution in [0.4, 0.5) is 0 Å². The molecule has 4 atom stereocenters. The Balaban J connectivity index is 1.36. The molecule has 49 heavy (non-hydrogen) atoms. The fraction of sp³-hybridized carbons (Fsp3) is 0.514. The Morgan fingerprint density at radius 1 is 0.939 bits per heavy atom. The Morgan fingerprint density at radius 2 is 1.59 bits per heavy atom. The second-order valence-corrected chi connectivity index (χ2v) is 14.9. The summed E-state index contributed by atoms with van der Waals surface area (Å²) >= 11 is 1.43. The molecule has 264 valence electrons. The van der Waals surface area contributed by atoms with Crippen LogP contribution in [0.15, 0.2) is 64.3 Å². The summed E-state index contributed by atoms with van der Waals surface area (Å²) < 4.78 is 0. The van der Waals surface area contributed by atoms with Crippen molar-refractivity contribution in [2.45, 2.75) is 91.5 Å². The van der Waals surface area contributed by atoms with E-state index in [0.717, 1.165) is 35.1 Å². The molecule has 0 aliphatic heterocycles. The molecule has 1 aromatic rings. The number of thioether (sulfide) groups is 1. The van der Waals surface area contributed by atoms with Crippen LogP contribution in [-0.4, -0.2) is 82.1 Å². The van der Waals surface area contributed by atoms with Crippen molar-refractivity contribution in [2.75, 3.05) is 18.1 Å². The first kappa shape index (κ1) is 37.8. The first-order chi connectivity index (χ1) is 23.0. The Hall–Kier alpha value is -4.03. The smallest absolute Gasteiger partial charge is 0.244 e. The molecule has 5 N–H and O–H groups in total. The molecule has 3 aliphatic carbocycles. The van der Waals surface area contributed by atoms with E-state index < -0.39 is 52.8 Å². The number of carbonyl (C=O) groups is 6. The second-order valence-electron chi connectivity index (χ2n) is 13.9. The van der Waals surface area contributed by atoms with E-state index in [2.05, 4.69) is 21.3 Å². The van der Waals surface area contributed by atoms with Crippen LogP contribution in [0.1, 0.15) is 78.1 Å². The number of rotatable bonds is 15. The summed E-state index contributed by atoms with van der Waals surface area (Å²) in [6.45, 7) is 11.8. The van der Waals surface area contributed by atoms with Crippen molar-refractivity contribution in [3.05, 3.63) is 69.8 Å². The summed E-state index contributed by atoms with van der Waals surface area (Å²) in [6.07, 6.45) is 3.62. The van der Waals surface area contributed by atoms with Gasteiger partial charge >= 0.3 is 0 Å². The van der Waals surface area contributed by atoms with E-state index in [1.165, 1.54) is 18.7 Å². The van der Waals surface area contributed by atoms with Gasteiger partial charge < -0.3 is 26.4 Å². The van der Waals surface area contributed by atoms with Crippen LogP contribution >= 0.6 is 11.8 Å². The Labute approximate surface area is 292 Å². The number of aliphatic hydroxyl groups is 1. The summed E-state index contributed by atoms with van der Waals surface area (Å²) in [5.74, 6) is -1.89. The van der Waals surface area contributed by atoms with E-state index >= 15 is 0 Å². The SMILES string of the molecule is CC(=O)N[C@@H](CSCC1=C(C)C=C2C(=O)[C@](C)(O)C3(CC3)C(C)=C21)C(=O)N[C@@H](CC(C)C)C(=O)NCC(=O)N[C@H](C)C(=O)c1ccccc1. The van der Waals surface area contributed by atoms with Gasteiger partial charge in [-0.3, -0.25) is 28.8 Å². The van der Waals surface area contributed by atoms with Crippen molar-refractivity contribution in [3.63, 3.8) is 0 Å². The van der Waals surface area contributed by atoms with E-state index in [9.17, 15) is 33.9 Å². The topological polar surface area (TPSA) is 171 Å². The molecule has 0 unspecified atom stereocenters. The molecule has 0 radical (unpaired) electrons. The predicted octanol–water partition coefficient (Wildman–Crippen LogP) is 2.95. The Morgan fingerprint density at radius 3 is 2.18 bits per heavy atom. The fourth-order valence-electron chi connectivity index (χ4n) is 6.78. The van der Waals surface area contributed by atoms with Crippen LogP contribution in [0.5, 0.6) is 0 Å². The van der Waals surface area contributed by atoms with Crippen LogP contribution in [0.3, 0.4) is 0 Å². The van der Waals surface area contributed by atoms with Crippen molar-refractivity contribution in [1.82, 2.24) is 21.3 Å². The van der Waals surface area contributed by atoms with Gasteiger partial charge in [0.1, 0.15) is 17.7 Å². The van der Waals surface area contributed by atoms with Gasteiger partial charge in [-0.2, -0.15) is 11.8 Å². The molecule has 1 fully saturated rings. The van der Waals surface area contributed by atoms with E-state index in [1.807, 2.05) is 33.8 Å². The molecule has 4 amide bonds. The number of nitrogens with one attached hydrogen (secondary N) is 4. The van der Waals surface area contributed by atoms with E-state index in [-0.39, 0.29) is 36.2 Å². The third-order valence-corrected chi connectivity index (χ3v) is 10.7. The first-order valence-electron chi connectivity index (χ1n) is 16.7. The summed E-state index contributed by atoms with van der Waals surface area (Å²) in [6, 6.07) is 5.84. The number of hydrogen-bond acceptors (Lipinski definition) is 8. The highest BCUT2D eigenvalue weighted by atomic mass is 32.2. The second kappa shape index (κ2) is 15.2. The number of hydrogen-bond donors (Lipinski definition) is 5. The third kappa shape index (κ3) is 8.24. The van der Waals surface area contributed by atoms with Gasteiger partial charge in [0, 0.05) is 35.0 Å². The maximum atomic E-state index is 13.5. The molecular formula is C37H48N4O7S. The van der Waals surface area contributed by atoms with Gasteiger partial charge in [0.25, 0.3) is 0 Å². The highest BCUT2D eigenvalue weighted by Gasteiger charge is 2.65. The van der Waals surface area contributed by atoms with E-state index in [1.54, 1.807) is 44.2 Å². The normalized spacial score (nSPS) is 21.1. The number of benzene rings is 1. The lowest BCUT2D eigenvalue weighted by Gasteiger charge is -2.39. The van der Waals surface area contributed by atoms with Crippen molar-refractivity contribution in [2.24, 2.45) is 11.3 Å². The number of ketones is 2. The molecule has 0 saturated heterocycles. The molecule has 4 rings (SSSR count). The molecule has 11 nitrogen and oxygen atoms in total. The maximum absolute atomic E-state index is 13.5. The lowest BCUT2D eigenvalue weighted by Crippen LogP contribution is -2.55. The zero-order valence-electron chi connectivity index (χ0n) is 29.3. The molecule has 0 aromatic heterocycles. The standard InChI is InChI=1S/C37H48N4O7S/c1-20(2)15-28(34(46)38-17-30(43)39-23(5)32(44)25-11-9-8-10-12-25)41-35(47)29(40-24(6)42)19-49-18-27-21(3)16-26-31(27)22(4)37(13-14-37)36(7,48)33(26)45/h8-12,16,20,23,28-29,48H,13-15,17-19H2,1-7H3,(H,38,46)(H,39,43)(H,40,42)(H,41,47)/t23-,28+,29+,36+/m1/s1. The summed E-state index contributed by atoms with van der Waals surface area (Å²) in [5.41, 5.74) is 2.81. The summed E-state index contributed by atoms with van der Waals surface area (Å²) in [7, 11) is 0. The van der Waals surface area contributed by atoms with Gasteiger partial charge in [-0.1, -0.05) is 49.8 Å². The van der Waals surface area contributed by atoms with E-state index in [4.69, 9.17) is 0 Å². The third-order valence-electron chi connectivity index (χ3n) is 9.69. The average Bonchev–Trinajstić information content (AvgIpc) is 3.80. The fourth-order valence-corrected chi connectivity index (χ4v) is 7.95. The zero-order chi connectivity index (χ0) is 36.3. The average molecular weight is 693 g/mol. The van der Waals surface area contributed by atoms with Crippen molar-refractivity contribution in [1.29, 1.82) is 0 Å². The van der Waals surface area contributed by atoms with Gasteiger partial charge in [0.15, 0.2) is 11.6 Å². The molecule has 0 bridgehead atoms. The van der Waals surface area contributed by atoms with Crippen molar-refractivity contribution >= 4 is 47.0 Å². The molecule has 1 saturated carbocycles. The number of amides is 4. The zero-order valence-corrected chi connectivity index (χ0v) is 30.1. The van der Waals surface area contributed by atoms with Crippen molar-refractivity contribution < 1.29 is 33.9 Å². The van der Waals surface area contributed by atoms with Gasteiger partial charge in [-0.25, -0.2) is 0 Å². The van der Waals surface area contributed by atoms with Gasteiger partial charge in [0.05, 0.1) is 12.6 Å². The number of allylic oxidation sites excluding steroid dienone is 3. The lowest BCUT2D eigenvalue weighted by molar-refractivity contribution is -0.137. The minimum Gasteiger partial charge on any atom is -0.381 e. The first-order valence-corrected chi connectivity index (χ1v) is 17.9. The highest BCUT2D eigenvalue weighted by molar-refractivity contribution is 7.99. The summed E-state index contributed by atoms with van der Waals surface area (Å²) in [5, 5.41) is 21.8. The van der Waals surface area contributed by atoms with Gasteiger partial charge in [0.2, 0.25) is 23.6 Å². The van der Waals surface area contributed by atoms with Crippen LogP contribution in [0.2, 0.25) is 0 Å². The molecule has 3 aliphatic rings. The molecule has 12 heteroatoms. The van der Waals surface area contributed by atoms with Gasteiger partial charge in [-0.15, -0.1) is 0 Å². The number of Topliss-reactive ketones (excluding diaryl/α,β-unsaturated/α-hetero) is 2. The van der Waals surface area contributed by atoms with Crippen LogP contribution in [0.25, 0.3) is 0 Å². The number of carbonyl (C=O) groups excluding carboxylic acids is 6. The Kier molecular flexibility index (Phi) is 11.8. The Bertz CT molecular complexity index is 1620. The van der Waals surface area contributed by atoms with Crippen molar-refractivity contribution in [3.8, 4) is 0 Å². The quantitative estimate of drug-likeness (QED) is 0.175. The van der Waals surface area contributed by atoms with Crippen LogP contribution in [0, 0.1) is 11.3 Å². The molecule has 1 aromatic carbocycles. The van der Waals surface area contributed by atoms with Crippen LogP contribution < -0.4 is 21.3 Å². The largest absolute Gasteiger partial charge is 0.381 e. The van der Waals surface area contributed by atoms with E-state index in [0.29, 0.717) is 16.9 Å². The highest BCUT2D eigenvalue weighted by Crippen LogP contribution is 2.65. The predicted molar refractivity (Wildman–Crippen MR) is 188 cm³/mol. The monoisotopic (exact) mass is 692 g/mol.